The summed E-state index contributed by atoms with van der Waals surface area (Å²) in [5.74, 6) is -0.809. The van der Waals surface area contributed by atoms with Gasteiger partial charge in [-0.2, -0.15) is 0 Å². The highest BCUT2D eigenvalue weighted by atomic mass is 35.5. The number of aryl methyl sites for hydroxylation is 2. The van der Waals surface area contributed by atoms with E-state index in [1.54, 1.807) is 0 Å². The van der Waals surface area contributed by atoms with Crippen LogP contribution in [0.4, 0.5) is 0 Å². The number of piperidine rings is 1. The van der Waals surface area contributed by atoms with Gasteiger partial charge in [-0.1, -0.05) is 48.5 Å². The number of rotatable bonds is 2. The summed E-state index contributed by atoms with van der Waals surface area (Å²) in [6.45, 7) is 4.33. The molecule has 2 fully saturated rings. The molecule has 27 heavy (non-hydrogen) atoms. The summed E-state index contributed by atoms with van der Waals surface area (Å²) >= 11 is 0. The second-order valence-electron chi connectivity index (χ2n) is 8.23. The third-order valence-electron chi connectivity index (χ3n) is 7.53. The highest BCUT2D eigenvalue weighted by Crippen LogP contribution is 2.67. The lowest BCUT2D eigenvalue weighted by Gasteiger charge is -2.30. The number of hydrogen-bond acceptors (Lipinski definition) is 1. The maximum Gasteiger partial charge on any atom is 0.306 e. The zero-order chi connectivity index (χ0) is 17.9. The molecule has 3 nitrogen and oxygen atoms in total. The van der Waals surface area contributed by atoms with Gasteiger partial charge < -0.3 is 5.11 Å². The van der Waals surface area contributed by atoms with Crippen LogP contribution in [0, 0.1) is 5.92 Å². The topological polar surface area (TPSA) is 37.3 Å². The van der Waals surface area contributed by atoms with Crippen molar-refractivity contribution in [3.05, 3.63) is 70.8 Å². The Labute approximate surface area is 167 Å². The molecule has 2 heterocycles. The molecule has 1 spiro atoms. The quantitative estimate of drug-likeness (QED) is 0.623. The largest absolute Gasteiger partial charge is 0.481 e. The van der Waals surface area contributed by atoms with E-state index in [0.717, 1.165) is 43.3 Å². The number of halogens is 1. The number of carbonyl (C=O) groups is 1. The van der Waals surface area contributed by atoms with Gasteiger partial charge in [0.15, 0.2) is 6.04 Å². The van der Waals surface area contributed by atoms with Gasteiger partial charge in [-0.05, 0) is 30.9 Å². The van der Waals surface area contributed by atoms with Crippen molar-refractivity contribution in [2.24, 2.45) is 5.92 Å². The number of nitrogens with zero attached hydrogens (tertiary/aromatic N) is 1. The van der Waals surface area contributed by atoms with Gasteiger partial charge in [0, 0.05) is 24.0 Å². The Bertz CT molecular complexity index is 848. The summed E-state index contributed by atoms with van der Waals surface area (Å²) in [4.78, 5) is 11.7. The van der Waals surface area contributed by atoms with E-state index in [-0.39, 0.29) is 23.9 Å². The zero-order valence-corrected chi connectivity index (χ0v) is 16.5. The minimum absolute atomic E-state index is 0. The Morgan fingerprint density at radius 1 is 1.07 bits per heavy atom. The second-order valence-corrected chi connectivity index (χ2v) is 8.23. The van der Waals surface area contributed by atoms with Crippen LogP contribution in [0.5, 0.6) is 0 Å². The highest BCUT2D eigenvalue weighted by Gasteiger charge is 2.81. The van der Waals surface area contributed by atoms with E-state index < -0.39 is 5.97 Å². The lowest BCUT2D eigenvalue weighted by atomic mass is 9.82. The number of likely N-dealkylation sites (N-methyl/N-ethyl adjacent to an activating group) is 1. The van der Waals surface area contributed by atoms with Crippen LogP contribution >= 0.6 is 12.4 Å². The first kappa shape index (κ1) is 18.5. The Kier molecular flexibility index (Phi) is 4.36. The van der Waals surface area contributed by atoms with Gasteiger partial charge in [-0.15, -0.1) is 12.4 Å². The van der Waals surface area contributed by atoms with Crippen LogP contribution < -0.4 is 0 Å². The van der Waals surface area contributed by atoms with Crippen LogP contribution in [-0.4, -0.2) is 34.7 Å². The van der Waals surface area contributed by atoms with Crippen molar-refractivity contribution >= 4 is 18.4 Å². The van der Waals surface area contributed by atoms with Crippen LogP contribution in [0.15, 0.2) is 48.5 Å². The third-order valence-corrected chi connectivity index (χ3v) is 7.53. The molecule has 2 aliphatic heterocycles. The molecule has 2 saturated heterocycles. The first-order chi connectivity index (χ1) is 12.6. The molecule has 3 atom stereocenters. The van der Waals surface area contributed by atoms with Crippen LogP contribution in [0.3, 0.4) is 0 Å². The summed E-state index contributed by atoms with van der Waals surface area (Å²) in [5.41, 5.74) is 5.79. The monoisotopic (exact) mass is 384 g/mol. The minimum atomic E-state index is -0.615. The van der Waals surface area contributed by atoms with Gasteiger partial charge in [0.2, 0.25) is 5.54 Å². The van der Waals surface area contributed by atoms with Crippen LogP contribution in [-0.2, 0) is 23.2 Å². The molecule has 4 heteroatoms. The average molecular weight is 385 g/mol. The third kappa shape index (κ3) is 2.22. The number of quaternary nitrogens is 1. The van der Waals surface area contributed by atoms with Crippen molar-refractivity contribution in [3.8, 4) is 0 Å². The molecule has 3 unspecified atom stereocenters. The molecule has 2 aromatic carbocycles. The first-order valence-corrected chi connectivity index (χ1v) is 9.91. The molecule has 1 aliphatic carbocycles. The second kappa shape index (κ2) is 6.35. The molecule has 2 aromatic rings. The first-order valence-electron chi connectivity index (χ1n) is 9.91. The molecule has 142 valence electrons. The normalized spacial score (nSPS) is 29.5. The lowest BCUT2D eigenvalue weighted by molar-refractivity contribution is -0.845. The van der Waals surface area contributed by atoms with Crippen LogP contribution in [0.25, 0.3) is 0 Å². The molecule has 0 amide bonds. The summed E-state index contributed by atoms with van der Waals surface area (Å²) in [7, 11) is 0. The van der Waals surface area contributed by atoms with Gasteiger partial charge in [-0.25, -0.2) is 0 Å². The van der Waals surface area contributed by atoms with Crippen molar-refractivity contribution in [2.45, 2.75) is 44.2 Å². The maximum absolute atomic E-state index is 11.7. The van der Waals surface area contributed by atoms with E-state index >= 15 is 0 Å². The number of fused-ring (bicyclic) bond motifs is 7. The van der Waals surface area contributed by atoms with Gasteiger partial charge in [0.1, 0.15) is 0 Å². The predicted molar refractivity (Wildman–Crippen MR) is 108 cm³/mol. The van der Waals surface area contributed by atoms with Gasteiger partial charge in [0.25, 0.3) is 0 Å². The Balaban J connectivity index is 0.00000180. The van der Waals surface area contributed by atoms with Crippen LogP contribution in [0.1, 0.15) is 42.0 Å². The summed E-state index contributed by atoms with van der Waals surface area (Å²) in [6, 6.07) is 18.2. The fraction of sp³-hybridized carbons (Fsp3) is 0.435. The molecule has 5 rings (SSSR count). The van der Waals surface area contributed by atoms with E-state index in [1.807, 2.05) is 0 Å². The van der Waals surface area contributed by atoms with E-state index in [9.17, 15) is 9.90 Å². The van der Waals surface area contributed by atoms with Gasteiger partial charge >= 0.3 is 5.97 Å². The minimum Gasteiger partial charge on any atom is -0.481 e. The highest BCUT2D eigenvalue weighted by molar-refractivity contribution is 5.85. The Morgan fingerprint density at radius 3 is 2.15 bits per heavy atom. The standard InChI is InChI=1S/C23H25NO2.ClH/c1-2-24-14-13-18(22(25)26)15-21(24)23(24)19-9-5-3-7-16(19)11-12-17-8-4-6-10-20(17)23;/h3-10,18,21H,2,11-15H2,1H3;1H/p+1. The Hall–Kier alpha value is -1.84. The fourth-order valence-electron chi connectivity index (χ4n) is 6.41. The van der Waals surface area contributed by atoms with Gasteiger partial charge in [-0.3, -0.25) is 9.28 Å². The summed E-state index contributed by atoms with van der Waals surface area (Å²) in [6.07, 6.45) is 3.75. The SMILES string of the molecule is CC[N+]12CCC(C(=O)O)CC1C21c2ccccc2CCc2ccccc21.Cl. The number of benzene rings is 2. The Morgan fingerprint density at radius 2 is 1.63 bits per heavy atom. The number of carboxylic acid groups (broad SMARTS) is 1. The average Bonchev–Trinajstić information content (AvgIpc) is 3.33. The predicted octanol–water partition coefficient (Wildman–Crippen LogP) is 4.16. The maximum atomic E-state index is 11.7. The van der Waals surface area contributed by atoms with E-state index in [0.29, 0.717) is 6.04 Å². The number of hydrogen-bond donors (Lipinski definition) is 1. The fourth-order valence-corrected chi connectivity index (χ4v) is 6.41. The van der Waals surface area contributed by atoms with Crippen molar-refractivity contribution in [2.75, 3.05) is 13.1 Å². The molecule has 0 saturated carbocycles. The molecule has 1 N–H and O–H groups in total. The molecule has 0 bridgehead atoms. The van der Waals surface area contributed by atoms with Crippen molar-refractivity contribution < 1.29 is 14.4 Å². The molecule has 3 aliphatic rings. The van der Waals surface area contributed by atoms with Gasteiger partial charge in [0.05, 0.1) is 19.0 Å². The zero-order valence-electron chi connectivity index (χ0n) is 15.7. The molecule has 0 radical (unpaired) electrons. The lowest BCUT2D eigenvalue weighted by Crippen LogP contribution is -2.41. The molecule has 0 aromatic heterocycles. The number of carboxylic acids is 1. The van der Waals surface area contributed by atoms with Crippen molar-refractivity contribution in [3.63, 3.8) is 0 Å². The van der Waals surface area contributed by atoms with E-state index in [2.05, 4.69) is 55.5 Å². The summed E-state index contributed by atoms with van der Waals surface area (Å²) < 4.78 is 1.05. The smallest absolute Gasteiger partial charge is 0.306 e. The molecular weight excluding hydrogens is 358 g/mol. The van der Waals surface area contributed by atoms with Crippen molar-refractivity contribution in [1.82, 2.24) is 0 Å². The molecular formula is C23H27ClNO2+. The van der Waals surface area contributed by atoms with E-state index in [1.165, 1.54) is 22.3 Å². The number of aliphatic carboxylic acids is 1. The van der Waals surface area contributed by atoms with Crippen LogP contribution in [0.2, 0.25) is 0 Å². The van der Waals surface area contributed by atoms with Crippen molar-refractivity contribution in [1.29, 1.82) is 0 Å². The summed E-state index contributed by atoms with van der Waals surface area (Å²) in [5, 5.41) is 9.66. The van der Waals surface area contributed by atoms with E-state index in [4.69, 9.17) is 0 Å².